The van der Waals surface area contributed by atoms with E-state index in [1.807, 2.05) is 39.0 Å². The number of aromatic nitrogens is 4. The van der Waals surface area contributed by atoms with E-state index in [9.17, 15) is 4.79 Å². The largest absolute Gasteiger partial charge is 0.481 e. The highest BCUT2D eigenvalue weighted by Crippen LogP contribution is 2.28. The van der Waals surface area contributed by atoms with Gasteiger partial charge in [-0.2, -0.15) is 0 Å². The summed E-state index contributed by atoms with van der Waals surface area (Å²) >= 11 is 0. The van der Waals surface area contributed by atoms with E-state index in [0.717, 1.165) is 29.5 Å². The maximum atomic E-state index is 11.1. The van der Waals surface area contributed by atoms with E-state index in [1.165, 1.54) is 0 Å². The number of aryl methyl sites for hydroxylation is 2. The molecule has 0 aliphatic rings. The Morgan fingerprint density at radius 2 is 2.00 bits per heavy atom. The summed E-state index contributed by atoms with van der Waals surface area (Å²) in [6, 6.07) is 5.78. The van der Waals surface area contributed by atoms with Crippen LogP contribution < -0.4 is 0 Å². The zero-order chi connectivity index (χ0) is 15.4. The van der Waals surface area contributed by atoms with Gasteiger partial charge >= 0.3 is 5.97 Å². The summed E-state index contributed by atoms with van der Waals surface area (Å²) in [5.74, 6) is -0.193. The normalized spacial score (nSPS) is 12.3. The number of hydrogen-bond acceptors (Lipinski definition) is 4. The van der Waals surface area contributed by atoms with Crippen LogP contribution in [0.1, 0.15) is 43.4 Å². The SMILES string of the molecule is CCCC(CC(=O)O)n1nnnc1-c1c(C)cccc1C. The quantitative estimate of drug-likeness (QED) is 0.884. The highest BCUT2D eigenvalue weighted by Gasteiger charge is 2.22. The molecule has 0 amide bonds. The Morgan fingerprint density at radius 1 is 1.33 bits per heavy atom. The molecule has 0 saturated carbocycles. The minimum atomic E-state index is -0.837. The number of hydrogen-bond donors (Lipinski definition) is 1. The molecular formula is C15H20N4O2. The van der Waals surface area contributed by atoms with E-state index < -0.39 is 5.97 Å². The maximum Gasteiger partial charge on any atom is 0.305 e. The minimum Gasteiger partial charge on any atom is -0.481 e. The van der Waals surface area contributed by atoms with Crippen molar-refractivity contribution in [1.29, 1.82) is 0 Å². The number of carboxylic acid groups (broad SMARTS) is 1. The first kappa shape index (κ1) is 15.2. The van der Waals surface area contributed by atoms with Crippen molar-refractivity contribution in [2.45, 2.75) is 46.1 Å². The van der Waals surface area contributed by atoms with Crippen molar-refractivity contribution < 1.29 is 9.90 Å². The van der Waals surface area contributed by atoms with Crippen molar-refractivity contribution in [1.82, 2.24) is 20.2 Å². The fraction of sp³-hybridized carbons (Fsp3) is 0.467. The van der Waals surface area contributed by atoms with Gasteiger partial charge in [0.05, 0.1) is 12.5 Å². The Bertz CT molecular complexity index is 616. The van der Waals surface area contributed by atoms with Crippen LogP contribution in [0.15, 0.2) is 18.2 Å². The second-order valence-electron chi connectivity index (χ2n) is 5.25. The molecular weight excluding hydrogens is 268 g/mol. The Balaban J connectivity index is 2.48. The second-order valence-corrected chi connectivity index (χ2v) is 5.25. The molecule has 1 aromatic carbocycles. The molecule has 1 N–H and O–H groups in total. The van der Waals surface area contributed by atoms with Crippen LogP contribution in [0.3, 0.4) is 0 Å². The average Bonchev–Trinajstić information content (AvgIpc) is 2.86. The van der Waals surface area contributed by atoms with Crippen LogP contribution in [-0.4, -0.2) is 31.3 Å². The van der Waals surface area contributed by atoms with Gasteiger partial charge in [0.15, 0.2) is 5.82 Å². The Hall–Kier alpha value is -2.24. The van der Waals surface area contributed by atoms with Gasteiger partial charge in [-0.1, -0.05) is 31.5 Å². The summed E-state index contributed by atoms with van der Waals surface area (Å²) in [6.45, 7) is 6.04. The summed E-state index contributed by atoms with van der Waals surface area (Å²) in [5, 5.41) is 21.0. The first-order valence-corrected chi connectivity index (χ1v) is 7.10. The highest BCUT2D eigenvalue weighted by molar-refractivity contribution is 5.68. The lowest BCUT2D eigenvalue weighted by Gasteiger charge is -2.17. The van der Waals surface area contributed by atoms with Gasteiger partial charge in [-0.15, -0.1) is 5.10 Å². The third kappa shape index (κ3) is 3.26. The van der Waals surface area contributed by atoms with Crippen LogP contribution in [0.2, 0.25) is 0 Å². The first-order valence-electron chi connectivity index (χ1n) is 7.10. The molecule has 2 rings (SSSR count). The van der Waals surface area contributed by atoms with Crippen LogP contribution >= 0.6 is 0 Å². The summed E-state index contributed by atoms with van der Waals surface area (Å²) in [6.07, 6.45) is 1.63. The molecule has 21 heavy (non-hydrogen) atoms. The van der Waals surface area contributed by atoms with Crippen LogP contribution in [0.25, 0.3) is 11.4 Å². The minimum absolute atomic E-state index is 0.0246. The fourth-order valence-electron chi connectivity index (χ4n) is 2.62. The molecule has 0 fully saturated rings. The van der Waals surface area contributed by atoms with Gasteiger partial charge in [0.25, 0.3) is 0 Å². The standard InChI is InChI=1S/C15H20N4O2/c1-4-6-12(9-13(20)21)19-15(16-17-18-19)14-10(2)7-5-8-11(14)3/h5,7-8,12H,4,6,9H2,1-3H3,(H,20,21). The molecule has 1 heterocycles. The molecule has 0 radical (unpaired) electrons. The number of benzene rings is 1. The Labute approximate surface area is 123 Å². The van der Waals surface area contributed by atoms with Gasteiger partial charge in [-0.25, -0.2) is 4.68 Å². The number of carbonyl (C=O) groups is 1. The lowest BCUT2D eigenvalue weighted by atomic mass is 10.0. The molecule has 0 bridgehead atoms. The van der Waals surface area contributed by atoms with Gasteiger partial charge in [0, 0.05) is 5.56 Å². The summed E-state index contributed by atoms with van der Waals surface area (Å²) in [7, 11) is 0. The molecule has 6 nitrogen and oxygen atoms in total. The van der Waals surface area contributed by atoms with Crippen LogP contribution in [-0.2, 0) is 4.79 Å². The van der Waals surface area contributed by atoms with Crippen LogP contribution in [0.4, 0.5) is 0 Å². The molecule has 1 unspecified atom stereocenters. The van der Waals surface area contributed by atoms with E-state index >= 15 is 0 Å². The van der Waals surface area contributed by atoms with Crippen molar-refractivity contribution in [3.8, 4) is 11.4 Å². The van der Waals surface area contributed by atoms with Crippen molar-refractivity contribution in [3.05, 3.63) is 29.3 Å². The predicted octanol–water partition coefficient (Wildman–Crippen LogP) is 2.77. The second kappa shape index (κ2) is 6.47. The molecule has 1 atom stereocenters. The van der Waals surface area contributed by atoms with Crippen molar-refractivity contribution >= 4 is 5.97 Å². The summed E-state index contributed by atoms with van der Waals surface area (Å²) < 4.78 is 1.66. The number of rotatable bonds is 6. The molecule has 2 aromatic rings. The van der Waals surface area contributed by atoms with Crippen LogP contribution in [0.5, 0.6) is 0 Å². The first-order chi connectivity index (χ1) is 10.0. The zero-order valence-corrected chi connectivity index (χ0v) is 12.6. The van der Waals surface area contributed by atoms with Gasteiger partial charge in [0.1, 0.15) is 0 Å². The third-order valence-electron chi connectivity index (χ3n) is 3.58. The lowest BCUT2D eigenvalue weighted by Crippen LogP contribution is -2.16. The monoisotopic (exact) mass is 288 g/mol. The van der Waals surface area contributed by atoms with E-state index in [4.69, 9.17) is 5.11 Å². The summed E-state index contributed by atoms with van der Waals surface area (Å²) in [5.41, 5.74) is 3.14. The third-order valence-corrected chi connectivity index (χ3v) is 3.58. The molecule has 6 heteroatoms. The predicted molar refractivity (Wildman–Crippen MR) is 78.9 cm³/mol. The average molecular weight is 288 g/mol. The molecule has 0 aliphatic carbocycles. The van der Waals surface area contributed by atoms with Gasteiger partial charge in [-0.05, 0) is 41.8 Å². The number of nitrogens with zero attached hydrogens (tertiary/aromatic N) is 4. The van der Waals surface area contributed by atoms with Crippen LogP contribution in [0, 0.1) is 13.8 Å². The van der Waals surface area contributed by atoms with Gasteiger partial charge < -0.3 is 5.11 Å². The highest BCUT2D eigenvalue weighted by atomic mass is 16.4. The number of carboxylic acids is 1. The topological polar surface area (TPSA) is 80.9 Å². The lowest BCUT2D eigenvalue weighted by molar-refractivity contribution is -0.138. The Morgan fingerprint density at radius 3 is 2.57 bits per heavy atom. The molecule has 1 aromatic heterocycles. The zero-order valence-electron chi connectivity index (χ0n) is 12.6. The number of aliphatic carboxylic acids is 1. The van der Waals surface area contributed by atoms with E-state index in [2.05, 4.69) is 15.5 Å². The molecule has 0 saturated heterocycles. The van der Waals surface area contributed by atoms with Gasteiger partial charge in [-0.3, -0.25) is 4.79 Å². The van der Waals surface area contributed by atoms with Crippen molar-refractivity contribution in [3.63, 3.8) is 0 Å². The van der Waals surface area contributed by atoms with Gasteiger partial charge in [0.2, 0.25) is 0 Å². The fourth-order valence-corrected chi connectivity index (χ4v) is 2.62. The summed E-state index contributed by atoms with van der Waals surface area (Å²) in [4.78, 5) is 11.1. The van der Waals surface area contributed by atoms with E-state index in [-0.39, 0.29) is 12.5 Å². The van der Waals surface area contributed by atoms with Crippen molar-refractivity contribution in [2.75, 3.05) is 0 Å². The molecule has 0 spiro atoms. The Kier molecular flexibility index (Phi) is 4.67. The molecule has 0 aliphatic heterocycles. The molecule has 112 valence electrons. The van der Waals surface area contributed by atoms with E-state index in [1.54, 1.807) is 4.68 Å². The maximum absolute atomic E-state index is 11.1. The number of tetrazole rings is 1. The van der Waals surface area contributed by atoms with Crippen molar-refractivity contribution in [2.24, 2.45) is 0 Å². The smallest absolute Gasteiger partial charge is 0.305 e. The van der Waals surface area contributed by atoms with E-state index in [0.29, 0.717) is 5.82 Å².